The molecule has 1 amide bonds. The summed E-state index contributed by atoms with van der Waals surface area (Å²) in [5, 5.41) is 9.01. The van der Waals surface area contributed by atoms with Gasteiger partial charge in [0.1, 0.15) is 0 Å². The number of carbonyl (C=O) groups excluding carboxylic acids is 1. The molecule has 0 spiro atoms. The SMILES string of the molecule is CC(C)N(C(=O)[C@H](C)Sc1nnc(-c2ccncc2)n1C)C(C)C. The monoisotopic (exact) mass is 347 g/mol. The van der Waals surface area contributed by atoms with Gasteiger partial charge in [0.25, 0.3) is 0 Å². The number of amides is 1. The second kappa shape index (κ2) is 7.79. The summed E-state index contributed by atoms with van der Waals surface area (Å²) in [6.45, 7) is 10.1. The zero-order valence-electron chi connectivity index (χ0n) is 15.1. The van der Waals surface area contributed by atoms with Crippen LogP contribution < -0.4 is 0 Å². The lowest BCUT2D eigenvalue weighted by Gasteiger charge is -2.32. The van der Waals surface area contributed by atoms with Crippen molar-refractivity contribution in [3.63, 3.8) is 0 Å². The van der Waals surface area contributed by atoms with E-state index in [1.54, 1.807) is 12.4 Å². The van der Waals surface area contributed by atoms with Crippen LogP contribution in [0.15, 0.2) is 29.7 Å². The predicted octanol–water partition coefficient (Wildman–Crippen LogP) is 3.00. The number of nitrogens with zero attached hydrogens (tertiary/aromatic N) is 5. The summed E-state index contributed by atoms with van der Waals surface area (Å²) in [5.74, 6) is 0.891. The molecule has 0 saturated carbocycles. The first-order valence-corrected chi connectivity index (χ1v) is 8.99. The van der Waals surface area contributed by atoms with Crippen molar-refractivity contribution in [3.8, 4) is 11.4 Å². The lowest BCUT2D eigenvalue weighted by molar-refractivity contribution is -0.133. The molecule has 0 aliphatic heterocycles. The number of rotatable bonds is 6. The van der Waals surface area contributed by atoms with Crippen LogP contribution in [0.2, 0.25) is 0 Å². The van der Waals surface area contributed by atoms with Crippen LogP contribution in [0.1, 0.15) is 34.6 Å². The molecule has 0 aliphatic rings. The first kappa shape index (κ1) is 18.4. The molecule has 7 heteroatoms. The molecule has 130 valence electrons. The Hall–Kier alpha value is -1.89. The first-order chi connectivity index (χ1) is 11.3. The van der Waals surface area contributed by atoms with Gasteiger partial charge in [-0.2, -0.15) is 0 Å². The van der Waals surface area contributed by atoms with Gasteiger partial charge in [-0.3, -0.25) is 9.78 Å². The summed E-state index contributed by atoms with van der Waals surface area (Å²) in [6.07, 6.45) is 3.46. The van der Waals surface area contributed by atoms with E-state index in [1.807, 2.05) is 63.3 Å². The lowest BCUT2D eigenvalue weighted by Crippen LogP contribution is -2.45. The molecular weight excluding hydrogens is 322 g/mol. The molecule has 2 rings (SSSR count). The molecule has 0 unspecified atom stereocenters. The molecule has 2 heterocycles. The Bertz CT molecular complexity index is 676. The zero-order valence-corrected chi connectivity index (χ0v) is 15.9. The fourth-order valence-electron chi connectivity index (χ4n) is 2.69. The van der Waals surface area contributed by atoms with E-state index in [0.717, 1.165) is 16.5 Å². The highest BCUT2D eigenvalue weighted by molar-refractivity contribution is 8.00. The quantitative estimate of drug-likeness (QED) is 0.752. The largest absolute Gasteiger partial charge is 0.337 e. The summed E-state index contributed by atoms with van der Waals surface area (Å²) in [7, 11) is 1.91. The van der Waals surface area contributed by atoms with Crippen molar-refractivity contribution >= 4 is 17.7 Å². The van der Waals surface area contributed by atoms with Crippen molar-refractivity contribution in [2.24, 2.45) is 7.05 Å². The molecule has 2 aromatic heterocycles. The van der Waals surface area contributed by atoms with E-state index in [9.17, 15) is 4.79 Å². The highest BCUT2D eigenvalue weighted by atomic mass is 32.2. The minimum Gasteiger partial charge on any atom is -0.337 e. The van der Waals surface area contributed by atoms with Crippen LogP contribution in [-0.2, 0) is 11.8 Å². The number of carbonyl (C=O) groups is 1. The Kier molecular flexibility index (Phi) is 5.99. The summed E-state index contributed by atoms with van der Waals surface area (Å²) >= 11 is 1.44. The van der Waals surface area contributed by atoms with Gasteiger partial charge in [-0.1, -0.05) is 11.8 Å². The van der Waals surface area contributed by atoms with E-state index in [1.165, 1.54) is 11.8 Å². The smallest absolute Gasteiger partial charge is 0.236 e. The van der Waals surface area contributed by atoms with E-state index < -0.39 is 0 Å². The molecule has 0 saturated heterocycles. The van der Waals surface area contributed by atoms with Crippen molar-refractivity contribution in [2.45, 2.75) is 57.1 Å². The van der Waals surface area contributed by atoms with Gasteiger partial charge in [0.05, 0.1) is 5.25 Å². The molecule has 0 fully saturated rings. The average molecular weight is 347 g/mol. The molecule has 0 bridgehead atoms. The molecule has 0 aromatic carbocycles. The summed E-state index contributed by atoms with van der Waals surface area (Å²) < 4.78 is 1.92. The van der Waals surface area contributed by atoms with E-state index in [-0.39, 0.29) is 23.2 Å². The fraction of sp³-hybridized carbons (Fsp3) is 0.529. The zero-order chi connectivity index (χ0) is 17.9. The maximum atomic E-state index is 12.8. The highest BCUT2D eigenvalue weighted by Gasteiger charge is 2.27. The maximum absolute atomic E-state index is 12.8. The third-order valence-corrected chi connectivity index (χ3v) is 4.89. The Morgan fingerprint density at radius 1 is 1.08 bits per heavy atom. The molecule has 0 aliphatic carbocycles. The van der Waals surface area contributed by atoms with Gasteiger partial charge in [-0.05, 0) is 46.8 Å². The Morgan fingerprint density at radius 3 is 2.21 bits per heavy atom. The van der Waals surface area contributed by atoms with E-state index in [4.69, 9.17) is 0 Å². The van der Waals surface area contributed by atoms with Crippen LogP contribution in [0.3, 0.4) is 0 Å². The number of thioether (sulfide) groups is 1. The molecule has 24 heavy (non-hydrogen) atoms. The van der Waals surface area contributed by atoms with Crippen molar-refractivity contribution in [1.82, 2.24) is 24.6 Å². The van der Waals surface area contributed by atoms with Crippen LogP contribution in [0.25, 0.3) is 11.4 Å². The van der Waals surface area contributed by atoms with Gasteiger partial charge >= 0.3 is 0 Å². The van der Waals surface area contributed by atoms with Crippen LogP contribution in [0, 0.1) is 0 Å². The van der Waals surface area contributed by atoms with Crippen LogP contribution >= 0.6 is 11.8 Å². The third-order valence-electron chi connectivity index (χ3n) is 3.77. The van der Waals surface area contributed by atoms with Crippen LogP contribution in [0.4, 0.5) is 0 Å². The van der Waals surface area contributed by atoms with Gasteiger partial charge in [0.2, 0.25) is 5.91 Å². The van der Waals surface area contributed by atoms with Crippen molar-refractivity contribution in [3.05, 3.63) is 24.5 Å². The Balaban J connectivity index is 2.17. The minimum atomic E-state index is -0.219. The van der Waals surface area contributed by atoms with Gasteiger partial charge in [0.15, 0.2) is 11.0 Å². The van der Waals surface area contributed by atoms with E-state index in [0.29, 0.717) is 0 Å². The number of pyridine rings is 1. The van der Waals surface area contributed by atoms with Gasteiger partial charge < -0.3 is 9.47 Å². The topological polar surface area (TPSA) is 63.9 Å². The normalized spacial score (nSPS) is 12.7. The third kappa shape index (κ3) is 3.95. The first-order valence-electron chi connectivity index (χ1n) is 8.11. The average Bonchev–Trinajstić information content (AvgIpc) is 2.88. The number of aromatic nitrogens is 4. The molecule has 0 radical (unpaired) electrons. The van der Waals surface area contributed by atoms with Gasteiger partial charge in [0, 0.05) is 37.1 Å². The Labute approximate surface area is 147 Å². The minimum absolute atomic E-state index is 0.124. The van der Waals surface area contributed by atoms with Crippen molar-refractivity contribution in [1.29, 1.82) is 0 Å². The molecule has 0 N–H and O–H groups in total. The summed E-state index contributed by atoms with van der Waals surface area (Å²) in [4.78, 5) is 18.7. The van der Waals surface area contributed by atoms with Crippen LogP contribution in [-0.4, -0.2) is 47.9 Å². The molecule has 2 aromatic rings. The number of hydrogen-bond acceptors (Lipinski definition) is 5. The highest BCUT2D eigenvalue weighted by Crippen LogP contribution is 2.27. The second-order valence-electron chi connectivity index (χ2n) is 6.29. The maximum Gasteiger partial charge on any atom is 0.236 e. The fourth-order valence-corrected chi connectivity index (χ4v) is 3.56. The van der Waals surface area contributed by atoms with E-state index >= 15 is 0 Å². The number of hydrogen-bond donors (Lipinski definition) is 0. The lowest BCUT2D eigenvalue weighted by atomic mass is 10.2. The van der Waals surface area contributed by atoms with Crippen molar-refractivity contribution < 1.29 is 4.79 Å². The molecule has 6 nitrogen and oxygen atoms in total. The van der Waals surface area contributed by atoms with E-state index in [2.05, 4.69) is 15.2 Å². The van der Waals surface area contributed by atoms with Crippen LogP contribution in [0.5, 0.6) is 0 Å². The summed E-state index contributed by atoms with van der Waals surface area (Å²) in [5.41, 5.74) is 0.955. The van der Waals surface area contributed by atoms with Gasteiger partial charge in [-0.25, -0.2) is 0 Å². The van der Waals surface area contributed by atoms with Crippen molar-refractivity contribution in [2.75, 3.05) is 0 Å². The second-order valence-corrected chi connectivity index (χ2v) is 7.60. The molecule has 1 atom stereocenters. The summed E-state index contributed by atoms with van der Waals surface area (Å²) in [6, 6.07) is 4.14. The van der Waals surface area contributed by atoms with Gasteiger partial charge in [-0.15, -0.1) is 10.2 Å². The standard InChI is InChI=1S/C17H25N5OS/c1-11(2)22(12(3)4)16(23)13(5)24-17-20-19-15(21(17)6)14-7-9-18-10-8-14/h7-13H,1-6H3/t13-/m0/s1. The Morgan fingerprint density at radius 2 is 1.67 bits per heavy atom. The predicted molar refractivity (Wildman–Crippen MR) is 96.7 cm³/mol. The molecular formula is C17H25N5OS.